The summed E-state index contributed by atoms with van der Waals surface area (Å²) in [6, 6.07) is 8.02. The Hall–Kier alpha value is -2.93. The number of morpholine rings is 1. The van der Waals surface area contributed by atoms with Crippen molar-refractivity contribution in [2.45, 2.75) is 70.6 Å². The second-order valence-electron chi connectivity index (χ2n) is 11.4. The summed E-state index contributed by atoms with van der Waals surface area (Å²) in [5, 5.41) is 10.4. The Morgan fingerprint density at radius 3 is 2.73 bits per heavy atom. The van der Waals surface area contributed by atoms with Gasteiger partial charge in [-0.1, -0.05) is 31.4 Å². The largest absolute Gasteiger partial charge is 0.491 e. The molecule has 2 atom stereocenters. The highest BCUT2D eigenvalue weighted by atomic mass is 35.5. The number of methoxy groups -OCH3 is 1. The average Bonchev–Trinajstić information content (AvgIpc) is 3.58. The molecule has 3 fully saturated rings. The number of fused-ring (bicyclic) bond motifs is 2. The number of rotatable bonds is 8. The summed E-state index contributed by atoms with van der Waals surface area (Å²) in [7, 11) is 1.64. The summed E-state index contributed by atoms with van der Waals surface area (Å²) in [6.07, 6.45) is 8.43. The Labute approximate surface area is 240 Å². The molecule has 10 heteroatoms. The smallest absolute Gasteiger partial charge is 0.234 e. The number of benzene rings is 1. The van der Waals surface area contributed by atoms with E-state index >= 15 is 0 Å². The van der Waals surface area contributed by atoms with Gasteiger partial charge >= 0.3 is 0 Å². The van der Waals surface area contributed by atoms with E-state index in [2.05, 4.69) is 27.4 Å². The molecule has 1 aliphatic heterocycles. The zero-order valence-electron chi connectivity index (χ0n) is 23.3. The van der Waals surface area contributed by atoms with Gasteiger partial charge in [0.2, 0.25) is 11.8 Å². The van der Waals surface area contributed by atoms with Gasteiger partial charge in [0.05, 0.1) is 25.4 Å². The molecule has 1 saturated heterocycles. The number of hydrogen-bond donors (Lipinski definition) is 0. The second-order valence-corrected chi connectivity index (χ2v) is 11.9. The third-order valence-electron chi connectivity index (χ3n) is 8.70. The zero-order valence-corrected chi connectivity index (χ0v) is 24.1. The van der Waals surface area contributed by atoms with E-state index in [9.17, 15) is 5.26 Å². The van der Waals surface area contributed by atoms with Crippen LogP contribution in [0.15, 0.2) is 18.2 Å². The third kappa shape index (κ3) is 5.50. The summed E-state index contributed by atoms with van der Waals surface area (Å²) in [4.78, 5) is 16.9. The molecular formula is C30H37ClN6O3. The normalized spacial score (nSPS) is 24.7. The maximum absolute atomic E-state index is 9.85. The zero-order chi connectivity index (χ0) is 27.6. The Kier molecular flexibility index (Phi) is 8.10. The number of nitrogens with zero attached hydrogens (tertiary/aromatic N) is 6. The molecular weight excluding hydrogens is 528 g/mol. The lowest BCUT2D eigenvalue weighted by Gasteiger charge is -2.39. The van der Waals surface area contributed by atoms with Crippen molar-refractivity contribution < 1.29 is 14.2 Å². The molecule has 0 spiro atoms. The van der Waals surface area contributed by atoms with Crippen LogP contribution in [0.1, 0.15) is 57.7 Å². The van der Waals surface area contributed by atoms with Crippen LogP contribution in [-0.2, 0) is 16.0 Å². The van der Waals surface area contributed by atoms with Gasteiger partial charge in [-0.2, -0.15) is 15.2 Å². The SMILES string of the molecule is COCCOc1cc(Cl)cc(-c2nc(C#N)nc3nc(N4CCO[C@@H]5CCC[C@H]54)n(C[C@H]4CC[C@H](C)CC4)c23)c1. The molecule has 3 heterocycles. The first-order valence-corrected chi connectivity index (χ1v) is 14.9. The summed E-state index contributed by atoms with van der Waals surface area (Å²) in [5.41, 5.74) is 2.82. The molecule has 1 aromatic carbocycles. The highest BCUT2D eigenvalue weighted by Gasteiger charge is 2.39. The van der Waals surface area contributed by atoms with Crippen LogP contribution in [0.25, 0.3) is 22.4 Å². The van der Waals surface area contributed by atoms with Crippen molar-refractivity contribution in [1.29, 1.82) is 5.26 Å². The Morgan fingerprint density at radius 1 is 1.07 bits per heavy atom. The van der Waals surface area contributed by atoms with Crippen LogP contribution in [0.3, 0.4) is 0 Å². The van der Waals surface area contributed by atoms with Crippen molar-refractivity contribution in [3.8, 4) is 23.1 Å². The van der Waals surface area contributed by atoms with Crippen LogP contribution in [-0.4, -0.2) is 65.1 Å². The summed E-state index contributed by atoms with van der Waals surface area (Å²) < 4.78 is 19.5. The van der Waals surface area contributed by atoms with Gasteiger partial charge in [-0.05, 0) is 62.1 Å². The molecule has 40 heavy (non-hydrogen) atoms. The van der Waals surface area contributed by atoms with E-state index in [0.29, 0.717) is 53.9 Å². The minimum Gasteiger partial charge on any atom is -0.491 e. The topological polar surface area (TPSA) is 98.3 Å². The Bertz CT molecular complexity index is 1400. The Morgan fingerprint density at radius 2 is 1.93 bits per heavy atom. The van der Waals surface area contributed by atoms with E-state index in [4.69, 9.17) is 35.8 Å². The van der Waals surface area contributed by atoms with Gasteiger partial charge < -0.3 is 23.7 Å². The minimum atomic E-state index is 0.0905. The van der Waals surface area contributed by atoms with Crippen LogP contribution >= 0.6 is 11.6 Å². The highest BCUT2D eigenvalue weighted by Crippen LogP contribution is 2.39. The molecule has 0 amide bonds. The summed E-state index contributed by atoms with van der Waals surface area (Å²) in [6.45, 7) is 5.53. The van der Waals surface area contributed by atoms with Crippen LogP contribution in [0.2, 0.25) is 5.02 Å². The first-order valence-electron chi connectivity index (χ1n) is 14.5. The molecule has 0 bridgehead atoms. The van der Waals surface area contributed by atoms with E-state index in [1.807, 2.05) is 12.1 Å². The number of hydrogen-bond acceptors (Lipinski definition) is 8. The van der Waals surface area contributed by atoms with Crippen LogP contribution in [0.5, 0.6) is 5.75 Å². The van der Waals surface area contributed by atoms with Gasteiger partial charge in [0, 0.05) is 30.8 Å². The molecule has 0 unspecified atom stereocenters. The molecule has 0 N–H and O–H groups in total. The highest BCUT2D eigenvalue weighted by molar-refractivity contribution is 6.31. The van der Waals surface area contributed by atoms with Gasteiger partial charge in [0.15, 0.2) is 5.65 Å². The lowest BCUT2D eigenvalue weighted by Crippen LogP contribution is -2.49. The van der Waals surface area contributed by atoms with Crippen molar-refractivity contribution in [2.75, 3.05) is 38.4 Å². The molecule has 2 saturated carbocycles. The maximum Gasteiger partial charge on any atom is 0.234 e. The lowest BCUT2D eigenvalue weighted by molar-refractivity contribution is 0.0247. The molecule has 2 aromatic heterocycles. The van der Waals surface area contributed by atoms with Crippen molar-refractivity contribution >= 4 is 28.7 Å². The predicted molar refractivity (Wildman–Crippen MR) is 154 cm³/mol. The van der Waals surface area contributed by atoms with E-state index in [0.717, 1.165) is 55.3 Å². The number of halogens is 1. The van der Waals surface area contributed by atoms with Crippen LogP contribution in [0, 0.1) is 23.2 Å². The van der Waals surface area contributed by atoms with Crippen molar-refractivity contribution in [3.63, 3.8) is 0 Å². The lowest BCUT2D eigenvalue weighted by atomic mass is 9.83. The fraction of sp³-hybridized carbons (Fsp3) is 0.600. The quantitative estimate of drug-likeness (QED) is 0.325. The molecule has 212 valence electrons. The number of ether oxygens (including phenoxy) is 3. The average molecular weight is 565 g/mol. The van der Waals surface area contributed by atoms with Crippen molar-refractivity contribution in [3.05, 3.63) is 29.0 Å². The molecule has 9 nitrogen and oxygen atoms in total. The fourth-order valence-electron chi connectivity index (χ4n) is 6.64. The molecule has 3 aromatic rings. The van der Waals surface area contributed by atoms with Crippen molar-refractivity contribution in [1.82, 2.24) is 19.5 Å². The van der Waals surface area contributed by atoms with Gasteiger partial charge in [0.1, 0.15) is 29.6 Å². The van der Waals surface area contributed by atoms with Crippen molar-refractivity contribution in [2.24, 2.45) is 11.8 Å². The van der Waals surface area contributed by atoms with E-state index < -0.39 is 0 Å². The first-order chi connectivity index (χ1) is 19.5. The minimum absolute atomic E-state index is 0.0905. The summed E-state index contributed by atoms with van der Waals surface area (Å²) in [5.74, 6) is 2.95. The summed E-state index contributed by atoms with van der Waals surface area (Å²) >= 11 is 6.57. The maximum atomic E-state index is 9.85. The molecule has 3 aliphatic rings. The molecule has 0 radical (unpaired) electrons. The molecule has 6 rings (SSSR count). The second kappa shape index (κ2) is 11.9. The number of aromatic nitrogens is 4. The molecule has 2 aliphatic carbocycles. The third-order valence-corrected chi connectivity index (χ3v) is 8.92. The van der Waals surface area contributed by atoms with Gasteiger partial charge in [-0.15, -0.1) is 0 Å². The van der Waals surface area contributed by atoms with Crippen LogP contribution in [0.4, 0.5) is 5.95 Å². The number of imidazole rings is 1. The van der Waals surface area contributed by atoms with Gasteiger partial charge in [-0.3, -0.25) is 0 Å². The van der Waals surface area contributed by atoms with Gasteiger partial charge in [-0.25, -0.2) is 4.98 Å². The first kappa shape index (κ1) is 27.3. The fourth-order valence-corrected chi connectivity index (χ4v) is 6.86. The van der Waals surface area contributed by atoms with E-state index in [1.54, 1.807) is 13.2 Å². The Balaban J connectivity index is 1.50. The number of anilines is 1. The standard InChI is InChI=1S/C30H37ClN6O3/c1-19-6-8-20(9-7-19)18-37-28-27(21-14-22(31)16-23(15-21)39-13-12-38-2)33-26(17-32)34-29(28)35-30(37)36-10-11-40-25-5-3-4-24(25)36/h14-16,19-20,24-25H,3-13,18H2,1-2H3/t19-,20-,24-,25-/m1/s1. The number of nitriles is 1. The predicted octanol–water partition coefficient (Wildman–Crippen LogP) is 5.63. The van der Waals surface area contributed by atoms with Crippen LogP contribution < -0.4 is 9.64 Å². The van der Waals surface area contributed by atoms with E-state index in [-0.39, 0.29) is 11.9 Å². The van der Waals surface area contributed by atoms with E-state index in [1.165, 1.54) is 25.7 Å². The van der Waals surface area contributed by atoms with Gasteiger partial charge in [0.25, 0.3) is 0 Å². The monoisotopic (exact) mass is 564 g/mol.